The molecule has 0 fully saturated rings. The summed E-state index contributed by atoms with van der Waals surface area (Å²) in [5, 5.41) is 2.21. The smallest absolute Gasteiger partial charge is 0.375 e. The lowest BCUT2D eigenvalue weighted by Gasteiger charge is -2.41. The van der Waals surface area contributed by atoms with Crippen molar-refractivity contribution >= 4 is 5.91 Å². The number of alkyl halides is 8. The molecule has 0 spiro atoms. The summed E-state index contributed by atoms with van der Waals surface area (Å²) < 4.78 is 120. The van der Waals surface area contributed by atoms with E-state index in [9.17, 15) is 39.9 Å². The number of nitrogens with two attached hydrogens (primary N) is 1. The molecule has 0 saturated carbocycles. The summed E-state index contributed by atoms with van der Waals surface area (Å²) in [6.45, 7) is 6.74. The third-order valence-corrected chi connectivity index (χ3v) is 5.75. The predicted octanol–water partition coefficient (Wildman–Crippen LogP) is 5.41. The largest absolute Gasteiger partial charge is 0.427 e. The van der Waals surface area contributed by atoms with Crippen LogP contribution in [-0.2, 0) is 14.3 Å². The Morgan fingerprint density at radius 2 is 1.31 bits per heavy atom. The number of halogens is 8. The van der Waals surface area contributed by atoms with Crippen molar-refractivity contribution in [1.29, 1.82) is 0 Å². The van der Waals surface area contributed by atoms with Gasteiger partial charge in [-0.3, -0.25) is 4.79 Å². The van der Waals surface area contributed by atoms with Gasteiger partial charge in [-0.1, -0.05) is 0 Å². The molecule has 3 N–H and O–H groups in total. The van der Waals surface area contributed by atoms with Crippen molar-refractivity contribution in [3.8, 4) is 0 Å². The Morgan fingerprint density at radius 1 is 0.829 bits per heavy atom. The maximum absolute atomic E-state index is 14.6. The molecule has 0 heterocycles. The van der Waals surface area contributed by atoms with E-state index in [1.807, 2.05) is 0 Å². The standard InChI is InChI=1S/C22H38F8N2O3/c1-16(2,10-12-34-17(3,4)9-11-31)32-15(33)14(21(25,26)27)18(5,6)35-13-20(24,19(7,8)23)22(28,29)30/h14H,9-13,31H2,1-8H3,(H,32,33). The van der Waals surface area contributed by atoms with E-state index >= 15 is 0 Å². The number of hydrogen-bond acceptors (Lipinski definition) is 4. The zero-order valence-corrected chi connectivity index (χ0v) is 21.4. The van der Waals surface area contributed by atoms with Gasteiger partial charge in [0.15, 0.2) is 11.6 Å². The average molecular weight is 531 g/mol. The summed E-state index contributed by atoms with van der Waals surface area (Å²) in [4.78, 5) is 12.7. The van der Waals surface area contributed by atoms with Crippen molar-refractivity contribution in [2.75, 3.05) is 19.8 Å². The third-order valence-electron chi connectivity index (χ3n) is 5.75. The van der Waals surface area contributed by atoms with E-state index in [2.05, 4.69) is 10.1 Å². The van der Waals surface area contributed by atoms with Crippen LogP contribution in [0.5, 0.6) is 0 Å². The van der Waals surface area contributed by atoms with E-state index in [0.717, 1.165) is 0 Å². The molecule has 0 rings (SSSR count). The molecule has 0 aliphatic rings. The van der Waals surface area contributed by atoms with Gasteiger partial charge in [-0.05, 0) is 74.8 Å². The zero-order chi connectivity index (χ0) is 28.3. The minimum absolute atomic E-state index is 0.0679. The van der Waals surface area contributed by atoms with E-state index in [-0.39, 0.29) is 13.0 Å². The average Bonchev–Trinajstić information content (AvgIpc) is 2.54. The van der Waals surface area contributed by atoms with Crippen LogP contribution in [0.2, 0.25) is 0 Å². The molecule has 0 aromatic heterocycles. The van der Waals surface area contributed by atoms with Crippen molar-refractivity contribution in [2.24, 2.45) is 11.7 Å². The lowest BCUT2D eigenvalue weighted by molar-refractivity contribution is -0.298. The van der Waals surface area contributed by atoms with Crippen LogP contribution < -0.4 is 11.1 Å². The first-order chi connectivity index (χ1) is 15.2. The summed E-state index contributed by atoms with van der Waals surface area (Å²) in [6.07, 6.45) is -10.4. The van der Waals surface area contributed by atoms with Crippen molar-refractivity contribution < 1.29 is 49.4 Å². The van der Waals surface area contributed by atoms with Crippen LogP contribution >= 0.6 is 0 Å². The molecule has 0 bridgehead atoms. The fourth-order valence-electron chi connectivity index (χ4n) is 3.29. The number of rotatable bonds is 13. The van der Waals surface area contributed by atoms with Crippen LogP contribution in [0.4, 0.5) is 35.1 Å². The topological polar surface area (TPSA) is 73.6 Å². The maximum atomic E-state index is 14.6. The Kier molecular flexibility index (Phi) is 10.7. The molecule has 0 saturated heterocycles. The second kappa shape index (κ2) is 11.0. The van der Waals surface area contributed by atoms with E-state index in [1.54, 1.807) is 13.8 Å². The molecule has 0 radical (unpaired) electrons. The monoisotopic (exact) mass is 530 g/mol. The highest BCUT2D eigenvalue weighted by Crippen LogP contribution is 2.46. The minimum atomic E-state index is -5.78. The highest BCUT2D eigenvalue weighted by molar-refractivity contribution is 5.81. The van der Waals surface area contributed by atoms with E-state index in [4.69, 9.17) is 10.5 Å². The summed E-state index contributed by atoms with van der Waals surface area (Å²) in [6, 6.07) is 0. The fraction of sp³-hybridized carbons (Fsp3) is 0.955. The summed E-state index contributed by atoms with van der Waals surface area (Å²) >= 11 is 0. The second-order valence-corrected chi connectivity index (χ2v) is 10.9. The Bertz CT molecular complexity index is 684. The van der Waals surface area contributed by atoms with Gasteiger partial charge in [0.1, 0.15) is 0 Å². The molecule has 35 heavy (non-hydrogen) atoms. The van der Waals surface area contributed by atoms with Crippen LogP contribution in [0, 0.1) is 5.92 Å². The van der Waals surface area contributed by atoms with Crippen LogP contribution in [0.25, 0.3) is 0 Å². The van der Waals surface area contributed by atoms with Crippen LogP contribution in [0.3, 0.4) is 0 Å². The first-order valence-corrected chi connectivity index (χ1v) is 11.0. The van der Waals surface area contributed by atoms with Gasteiger partial charge >= 0.3 is 12.4 Å². The summed E-state index contributed by atoms with van der Waals surface area (Å²) in [7, 11) is 0. The van der Waals surface area contributed by atoms with E-state index < -0.39 is 58.9 Å². The van der Waals surface area contributed by atoms with Crippen molar-refractivity contribution in [1.82, 2.24) is 5.32 Å². The summed E-state index contributed by atoms with van der Waals surface area (Å²) in [5.41, 5.74) is -7.14. The number of carbonyl (C=O) groups excluding carboxylic acids is 1. The molecular weight excluding hydrogens is 492 g/mol. The first kappa shape index (κ1) is 33.8. The fourth-order valence-corrected chi connectivity index (χ4v) is 3.29. The lowest BCUT2D eigenvalue weighted by atomic mass is 9.86. The number of nitrogens with one attached hydrogen (secondary N) is 1. The lowest BCUT2D eigenvalue weighted by Crippen LogP contribution is -2.61. The number of hydrogen-bond donors (Lipinski definition) is 2. The van der Waals surface area contributed by atoms with E-state index in [1.165, 1.54) is 13.8 Å². The van der Waals surface area contributed by atoms with Gasteiger partial charge in [-0.25, -0.2) is 8.78 Å². The van der Waals surface area contributed by atoms with Crippen LogP contribution in [-0.4, -0.2) is 66.1 Å². The van der Waals surface area contributed by atoms with Crippen molar-refractivity contribution in [2.45, 2.75) is 109 Å². The van der Waals surface area contributed by atoms with Gasteiger partial charge in [0, 0.05) is 12.1 Å². The predicted molar refractivity (Wildman–Crippen MR) is 115 cm³/mol. The Morgan fingerprint density at radius 3 is 1.69 bits per heavy atom. The number of ether oxygens (including phenoxy) is 2. The molecule has 0 aliphatic heterocycles. The zero-order valence-electron chi connectivity index (χ0n) is 21.4. The quantitative estimate of drug-likeness (QED) is 0.313. The molecule has 0 aromatic carbocycles. The second-order valence-electron chi connectivity index (χ2n) is 10.9. The molecular formula is C22H38F8N2O3. The molecule has 1 amide bonds. The van der Waals surface area contributed by atoms with Crippen LogP contribution in [0.1, 0.15) is 68.2 Å². The first-order valence-electron chi connectivity index (χ1n) is 11.0. The van der Waals surface area contributed by atoms with Crippen LogP contribution in [0.15, 0.2) is 0 Å². The van der Waals surface area contributed by atoms with Gasteiger partial charge < -0.3 is 20.5 Å². The maximum Gasteiger partial charge on any atom is 0.427 e. The highest BCUT2D eigenvalue weighted by atomic mass is 19.4. The van der Waals surface area contributed by atoms with Crippen molar-refractivity contribution in [3.63, 3.8) is 0 Å². The number of amides is 1. The molecule has 13 heteroatoms. The molecule has 5 nitrogen and oxygen atoms in total. The molecule has 2 atom stereocenters. The van der Waals surface area contributed by atoms with Gasteiger partial charge in [0.2, 0.25) is 5.91 Å². The normalized spacial score (nSPS) is 17.2. The van der Waals surface area contributed by atoms with Gasteiger partial charge in [0.25, 0.3) is 5.67 Å². The summed E-state index contributed by atoms with van der Waals surface area (Å²) in [5.74, 6) is -4.58. The Hall–Kier alpha value is -1.21. The van der Waals surface area contributed by atoms with Crippen molar-refractivity contribution in [3.05, 3.63) is 0 Å². The van der Waals surface area contributed by atoms with Gasteiger partial charge in [0.05, 0.1) is 17.8 Å². The van der Waals surface area contributed by atoms with Gasteiger partial charge in [-0.15, -0.1) is 0 Å². The van der Waals surface area contributed by atoms with Gasteiger partial charge in [-0.2, -0.15) is 26.3 Å². The Labute approximate surface area is 201 Å². The molecule has 2 unspecified atom stereocenters. The molecule has 0 aliphatic carbocycles. The van der Waals surface area contributed by atoms with E-state index in [0.29, 0.717) is 40.7 Å². The SMILES string of the molecule is CC(C)(CCOC(C)(C)CCN)NC(=O)C(C(F)(F)F)C(C)(C)OCC(F)(C(C)(C)F)C(F)(F)F. The Balaban J connectivity index is 5.67. The minimum Gasteiger partial charge on any atom is -0.375 e. The number of carbonyl (C=O) groups is 1. The third kappa shape index (κ3) is 9.64. The highest BCUT2D eigenvalue weighted by Gasteiger charge is 2.67. The molecule has 0 aromatic rings. The molecule has 210 valence electrons.